The Hall–Kier alpha value is -0.900. The lowest BCUT2D eigenvalue weighted by atomic mass is 10.1. The van der Waals surface area contributed by atoms with Crippen molar-refractivity contribution in [3.05, 3.63) is 35.4 Å². The van der Waals surface area contributed by atoms with Gasteiger partial charge in [-0.1, -0.05) is 24.3 Å². The molecule has 0 saturated carbocycles. The van der Waals surface area contributed by atoms with Gasteiger partial charge >= 0.3 is 0 Å². The van der Waals surface area contributed by atoms with Crippen LogP contribution in [0.5, 0.6) is 0 Å². The molecule has 0 heterocycles. The minimum atomic E-state index is -0.248. The van der Waals surface area contributed by atoms with Gasteiger partial charge in [-0.15, -0.1) is 0 Å². The normalized spacial score (nSPS) is 10.9. The van der Waals surface area contributed by atoms with Gasteiger partial charge in [-0.25, -0.2) is 0 Å². The third kappa shape index (κ3) is 2.80. The number of aliphatic hydroxyl groups excluding tert-OH is 1. The maximum absolute atomic E-state index is 9.10. The number of hydrogen-bond acceptors (Lipinski definition) is 3. The monoisotopic (exact) mass is 196 g/mol. The fourth-order valence-corrected chi connectivity index (χ4v) is 1.35. The van der Waals surface area contributed by atoms with Crippen LogP contribution in [0.3, 0.4) is 0 Å². The van der Waals surface area contributed by atoms with Crippen LogP contribution in [0.15, 0.2) is 24.3 Å². The summed E-state index contributed by atoms with van der Waals surface area (Å²) in [7, 11) is 3.21. The summed E-state index contributed by atoms with van der Waals surface area (Å²) < 4.78 is 10.2. The Morgan fingerprint density at radius 3 is 2.21 bits per heavy atom. The number of methoxy groups -OCH3 is 2. The quantitative estimate of drug-likeness (QED) is 0.722. The molecule has 1 rings (SSSR count). The molecule has 0 atom stereocenters. The second-order valence-corrected chi connectivity index (χ2v) is 3.03. The Balaban J connectivity index is 2.74. The second kappa shape index (κ2) is 5.75. The van der Waals surface area contributed by atoms with Crippen LogP contribution in [0.2, 0.25) is 0 Å². The molecule has 3 heteroatoms. The molecular weight excluding hydrogens is 180 g/mol. The third-order valence-electron chi connectivity index (χ3n) is 2.20. The maximum atomic E-state index is 9.10. The van der Waals surface area contributed by atoms with Crippen molar-refractivity contribution in [2.45, 2.75) is 19.3 Å². The lowest BCUT2D eigenvalue weighted by Gasteiger charge is -2.15. The molecule has 0 aliphatic carbocycles. The van der Waals surface area contributed by atoms with Gasteiger partial charge in [0.1, 0.15) is 0 Å². The maximum Gasteiger partial charge on any atom is 0.160 e. The highest BCUT2D eigenvalue weighted by molar-refractivity contribution is 5.26. The van der Waals surface area contributed by atoms with Crippen LogP contribution in [0.1, 0.15) is 11.1 Å². The van der Waals surface area contributed by atoms with E-state index < -0.39 is 0 Å². The van der Waals surface area contributed by atoms with Crippen molar-refractivity contribution in [1.29, 1.82) is 0 Å². The van der Waals surface area contributed by atoms with Gasteiger partial charge in [0.15, 0.2) is 6.29 Å². The minimum absolute atomic E-state index is 0.0519. The highest BCUT2D eigenvalue weighted by Crippen LogP contribution is 2.12. The molecule has 0 radical (unpaired) electrons. The first-order valence-electron chi connectivity index (χ1n) is 4.55. The van der Waals surface area contributed by atoms with E-state index in [2.05, 4.69) is 0 Å². The van der Waals surface area contributed by atoms with Crippen LogP contribution in [0.25, 0.3) is 0 Å². The van der Waals surface area contributed by atoms with Crippen LogP contribution in [0, 0.1) is 0 Å². The van der Waals surface area contributed by atoms with E-state index in [0.717, 1.165) is 11.1 Å². The minimum Gasteiger partial charge on any atom is -0.392 e. The molecule has 0 aliphatic rings. The molecule has 0 fully saturated rings. The Morgan fingerprint density at radius 1 is 1.14 bits per heavy atom. The highest BCUT2D eigenvalue weighted by atomic mass is 16.7. The lowest BCUT2D eigenvalue weighted by Crippen LogP contribution is -2.17. The van der Waals surface area contributed by atoms with Crippen LogP contribution in [0.4, 0.5) is 0 Å². The van der Waals surface area contributed by atoms with Crippen LogP contribution in [-0.4, -0.2) is 25.6 Å². The average Bonchev–Trinajstić information content (AvgIpc) is 2.26. The van der Waals surface area contributed by atoms with Crippen molar-refractivity contribution < 1.29 is 14.6 Å². The summed E-state index contributed by atoms with van der Waals surface area (Å²) in [6.07, 6.45) is 0.409. The molecule has 0 unspecified atom stereocenters. The van der Waals surface area contributed by atoms with Crippen molar-refractivity contribution in [3.8, 4) is 0 Å². The molecular formula is C11H16O3. The fourth-order valence-electron chi connectivity index (χ4n) is 1.35. The fraction of sp³-hybridized carbons (Fsp3) is 0.455. The predicted octanol–water partition coefficient (Wildman–Crippen LogP) is 1.34. The molecule has 0 amide bonds. The van der Waals surface area contributed by atoms with E-state index in [1.807, 2.05) is 24.3 Å². The van der Waals surface area contributed by atoms with Crippen molar-refractivity contribution in [1.82, 2.24) is 0 Å². The molecule has 14 heavy (non-hydrogen) atoms. The Kier molecular flexibility index (Phi) is 4.59. The summed E-state index contributed by atoms with van der Waals surface area (Å²) >= 11 is 0. The zero-order valence-corrected chi connectivity index (χ0v) is 8.56. The summed E-state index contributed by atoms with van der Waals surface area (Å²) in [5, 5.41) is 9.10. The first-order chi connectivity index (χ1) is 6.81. The van der Waals surface area contributed by atoms with E-state index >= 15 is 0 Å². The van der Waals surface area contributed by atoms with Crippen molar-refractivity contribution >= 4 is 0 Å². The molecule has 0 aromatic heterocycles. The van der Waals surface area contributed by atoms with Gasteiger partial charge in [0.25, 0.3) is 0 Å². The molecule has 1 aromatic rings. The smallest absolute Gasteiger partial charge is 0.160 e. The number of hydrogen-bond donors (Lipinski definition) is 1. The topological polar surface area (TPSA) is 38.7 Å². The molecule has 0 bridgehead atoms. The highest BCUT2D eigenvalue weighted by Gasteiger charge is 2.08. The van der Waals surface area contributed by atoms with E-state index in [9.17, 15) is 0 Å². The number of ether oxygens (including phenoxy) is 2. The third-order valence-corrected chi connectivity index (χ3v) is 2.20. The molecule has 0 spiro atoms. The summed E-state index contributed by atoms with van der Waals surface area (Å²) in [6.45, 7) is 0.0519. The predicted molar refractivity (Wildman–Crippen MR) is 53.9 cm³/mol. The molecule has 78 valence electrons. The second-order valence-electron chi connectivity index (χ2n) is 3.03. The van der Waals surface area contributed by atoms with Gasteiger partial charge in [-0.05, 0) is 11.1 Å². The molecule has 1 aromatic carbocycles. The summed E-state index contributed by atoms with van der Waals surface area (Å²) in [4.78, 5) is 0. The lowest BCUT2D eigenvalue weighted by molar-refractivity contribution is -0.100. The Morgan fingerprint density at radius 2 is 1.71 bits per heavy atom. The first kappa shape index (κ1) is 11.2. The zero-order chi connectivity index (χ0) is 10.4. The van der Waals surface area contributed by atoms with Crippen LogP contribution >= 0.6 is 0 Å². The summed E-state index contributed by atoms with van der Waals surface area (Å²) in [6, 6.07) is 7.72. The van der Waals surface area contributed by atoms with Crippen LogP contribution < -0.4 is 0 Å². The zero-order valence-electron chi connectivity index (χ0n) is 8.56. The Bertz CT molecular complexity index is 269. The number of rotatable bonds is 5. The van der Waals surface area contributed by atoms with E-state index in [1.165, 1.54) is 0 Å². The standard InChI is InChI=1S/C11H16O3/c1-13-11(14-2)7-9-5-3-4-6-10(9)8-12/h3-6,11-12H,7-8H2,1-2H3. The van der Waals surface area contributed by atoms with Gasteiger partial charge in [0, 0.05) is 20.6 Å². The largest absolute Gasteiger partial charge is 0.392 e. The average molecular weight is 196 g/mol. The molecule has 0 saturated heterocycles. The SMILES string of the molecule is COC(Cc1ccccc1CO)OC. The van der Waals surface area contributed by atoms with Crippen molar-refractivity contribution in [2.24, 2.45) is 0 Å². The van der Waals surface area contributed by atoms with Gasteiger partial charge in [-0.3, -0.25) is 0 Å². The Labute approximate surface area is 84.3 Å². The summed E-state index contributed by atoms with van der Waals surface area (Å²) in [5.41, 5.74) is 1.98. The van der Waals surface area contributed by atoms with Gasteiger partial charge in [-0.2, -0.15) is 0 Å². The summed E-state index contributed by atoms with van der Waals surface area (Å²) in [5.74, 6) is 0. The first-order valence-corrected chi connectivity index (χ1v) is 4.55. The molecule has 0 aliphatic heterocycles. The van der Waals surface area contributed by atoms with E-state index in [0.29, 0.717) is 6.42 Å². The van der Waals surface area contributed by atoms with Gasteiger partial charge < -0.3 is 14.6 Å². The van der Waals surface area contributed by atoms with Crippen molar-refractivity contribution in [2.75, 3.05) is 14.2 Å². The van der Waals surface area contributed by atoms with Crippen molar-refractivity contribution in [3.63, 3.8) is 0 Å². The van der Waals surface area contributed by atoms with E-state index in [1.54, 1.807) is 14.2 Å². The van der Waals surface area contributed by atoms with E-state index in [-0.39, 0.29) is 12.9 Å². The number of benzene rings is 1. The van der Waals surface area contributed by atoms with E-state index in [4.69, 9.17) is 14.6 Å². The van der Waals surface area contributed by atoms with Gasteiger partial charge in [0.2, 0.25) is 0 Å². The number of aliphatic hydroxyl groups is 1. The van der Waals surface area contributed by atoms with Gasteiger partial charge in [0.05, 0.1) is 6.61 Å². The molecule has 1 N–H and O–H groups in total. The van der Waals surface area contributed by atoms with Crippen LogP contribution in [-0.2, 0) is 22.5 Å². The molecule has 3 nitrogen and oxygen atoms in total.